The van der Waals surface area contributed by atoms with Gasteiger partial charge in [0.2, 0.25) is 5.91 Å². The maximum atomic E-state index is 11.4. The van der Waals surface area contributed by atoms with E-state index in [0.717, 1.165) is 0 Å². The van der Waals surface area contributed by atoms with Crippen LogP contribution in [0, 0.1) is 11.3 Å². The molecule has 0 unspecified atom stereocenters. The van der Waals surface area contributed by atoms with E-state index in [1.54, 1.807) is 11.4 Å². The van der Waals surface area contributed by atoms with Crippen molar-refractivity contribution in [2.24, 2.45) is 0 Å². The summed E-state index contributed by atoms with van der Waals surface area (Å²) < 4.78 is 0. The Hall–Kier alpha value is -1.67. The number of nitrogens with zero attached hydrogens (tertiary/aromatic N) is 2. The standard InChI is InChI=1S/C9H6N2O2S/c10-4-6-1-2-14-9(6)11-5-7(12)3-8(11)13/h1-2H,3,5H2. The molecule has 0 N–H and O–H groups in total. The van der Waals surface area contributed by atoms with Gasteiger partial charge in [0, 0.05) is 0 Å². The van der Waals surface area contributed by atoms with Gasteiger partial charge in [-0.2, -0.15) is 5.26 Å². The average molecular weight is 206 g/mol. The number of Topliss-reactive ketones (excluding diaryl/α,β-unsaturated/α-hetero) is 1. The van der Waals surface area contributed by atoms with Crippen molar-refractivity contribution in [3.63, 3.8) is 0 Å². The van der Waals surface area contributed by atoms with Crippen LogP contribution in [0.5, 0.6) is 0 Å². The number of rotatable bonds is 1. The maximum absolute atomic E-state index is 11.4. The molecule has 2 rings (SSSR count). The highest BCUT2D eigenvalue weighted by Gasteiger charge is 2.30. The van der Waals surface area contributed by atoms with Crippen molar-refractivity contribution in [1.29, 1.82) is 5.26 Å². The topological polar surface area (TPSA) is 61.2 Å². The van der Waals surface area contributed by atoms with Gasteiger partial charge in [0.1, 0.15) is 11.1 Å². The van der Waals surface area contributed by atoms with Crippen LogP contribution in [-0.4, -0.2) is 18.2 Å². The van der Waals surface area contributed by atoms with Crippen LogP contribution in [0.25, 0.3) is 0 Å². The summed E-state index contributed by atoms with van der Waals surface area (Å²) in [5.41, 5.74) is 0.457. The van der Waals surface area contributed by atoms with Crippen molar-refractivity contribution in [2.45, 2.75) is 6.42 Å². The van der Waals surface area contributed by atoms with Gasteiger partial charge in [-0.3, -0.25) is 14.5 Å². The zero-order valence-electron chi connectivity index (χ0n) is 7.19. The minimum absolute atomic E-state index is 0.0389. The molecule has 0 bridgehead atoms. The van der Waals surface area contributed by atoms with E-state index in [2.05, 4.69) is 0 Å². The number of nitriles is 1. The van der Waals surface area contributed by atoms with E-state index in [9.17, 15) is 9.59 Å². The van der Waals surface area contributed by atoms with E-state index in [4.69, 9.17) is 5.26 Å². The molecule has 2 heterocycles. The average Bonchev–Trinajstić information content (AvgIpc) is 2.71. The highest BCUT2D eigenvalue weighted by atomic mass is 32.1. The van der Waals surface area contributed by atoms with E-state index in [-0.39, 0.29) is 24.7 Å². The normalized spacial score (nSPS) is 16.1. The largest absolute Gasteiger partial charge is 0.297 e. The molecule has 0 atom stereocenters. The van der Waals surface area contributed by atoms with Crippen LogP contribution in [0.2, 0.25) is 0 Å². The Morgan fingerprint density at radius 1 is 1.50 bits per heavy atom. The summed E-state index contributed by atoms with van der Waals surface area (Å²) in [4.78, 5) is 23.8. The Morgan fingerprint density at radius 2 is 2.29 bits per heavy atom. The Morgan fingerprint density at radius 3 is 2.86 bits per heavy atom. The van der Waals surface area contributed by atoms with Crippen LogP contribution in [0.15, 0.2) is 11.4 Å². The third-order valence-electron chi connectivity index (χ3n) is 1.99. The lowest BCUT2D eigenvalue weighted by atomic mass is 10.3. The van der Waals surface area contributed by atoms with Gasteiger partial charge in [-0.1, -0.05) is 0 Å². The van der Waals surface area contributed by atoms with Crippen LogP contribution < -0.4 is 4.90 Å². The zero-order chi connectivity index (χ0) is 10.1. The molecule has 70 valence electrons. The predicted molar refractivity (Wildman–Crippen MR) is 51.0 cm³/mol. The van der Waals surface area contributed by atoms with Crippen molar-refractivity contribution in [2.75, 3.05) is 11.4 Å². The van der Waals surface area contributed by atoms with Gasteiger partial charge in [0.25, 0.3) is 0 Å². The fourth-order valence-electron chi connectivity index (χ4n) is 1.36. The molecule has 0 spiro atoms. The van der Waals surface area contributed by atoms with E-state index in [1.807, 2.05) is 6.07 Å². The van der Waals surface area contributed by atoms with E-state index in [0.29, 0.717) is 10.6 Å². The van der Waals surface area contributed by atoms with Crippen molar-refractivity contribution >= 4 is 28.0 Å². The SMILES string of the molecule is N#Cc1ccsc1N1CC(=O)CC1=O. The summed E-state index contributed by atoms with van der Waals surface area (Å²) >= 11 is 1.31. The lowest BCUT2D eigenvalue weighted by Gasteiger charge is -2.11. The van der Waals surface area contributed by atoms with E-state index < -0.39 is 0 Å². The minimum atomic E-state index is -0.214. The molecule has 0 aromatic carbocycles. The van der Waals surface area contributed by atoms with E-state index in [1.165, 1.54) is 16.2 Å². The van der Waals surface area contributed by atoms with Gasteiger partial charge in [0.05, 0.1) is 18.5 Å². The summed E-state index contributed by atoms with van der Waals surface area (Å²) in [6.45, 7) is 0.105. The molecule has 1 saturated heterocycles. The fourth-order valence-corrected chi connectivity index (χ4v) is 2.23. The highest BCUT2D eigenvalue weighted by molar-refractivity contribution is 7.14. The van der Waals surface area contributed by atoms with Crippen molar-refractivity contribution in [3.8, 4) is 6.07 Å². The number of carbonyl (C=O) groups is 2. The summed E-state index contributed by atoms with van der Waals surface area (Å²) in [6, 6.07) is 3.64. The molecule has 0 aliphatic carbocycles. The molecular weight excluding hydrogens is 200 g/mol. The monoisotopic (exact) mass is 206 g/mol. The summed E-state index contributed by atoms with van der Waals surface area (Å²) in [7, 11) is 0. The first-order chi connectivity index (χ1) is 6.72. The van der Waals surface area contributed by atoms with Gasteiger partial charge in [-0.15, -0.1) is 11.3 Å². The van der Waals surface area contributed by atoms with E-state index >= 15 is 0 Å². The van der Waals surface area contributed by atoms with Gasteiger partial charge in [0.15, 0.2) is 5.78 Å². The fraction of sp³-hybridized carbons (Fsp3) is 0.222. The maximum Gasteiger partial charge on any atom is 0.235 e. The summed E-state index contributed by atoms with van der Waals surface area (Å²) in [5.74, 6) is -0.304. The summed E-state index contributed by atoms with van der Waals surface area (Å²) in [6.07, 6.45) is -0.0389. The molecule has 1 fully saturated rings. The third-order valence-corrected chi connectivity index (χ3v) is 2.93. The lowest BCUT2D eigenvalue weighted by molar-refractivity contribution is -0.121. The number of thiophene rings is 1. The number of carbonyl (C=O) groups excluding carboxylic acids is 2. The molecule has 5 heteroatoms. The number of hydrogen-bond acceptors (Lipinski definition) is 4. The van der Waals surface area contributed by atoms with Crippen molar-refractivity contribution < 1.29 is 9.59 Å². The zero-order valence-corrected chi connectivity index (χ0v) is 8.00. The molecular formula is C9H6N2O2S. The molecule has 0 radical (unpaired) electrons. The quantitative estimate of drug-likeness (QED) is 0.642. The Bertz CT molecular complexity index is 444. The molecule has 1 aromatic rings. The van der Waals surface area contributed by atoms with Crippen molar-refractivity contribution in [3.05, 3.63) is 17.0 Å². The van der Waals surface area contributed by atoms with Crippen LogP contribution in [0.3, 0.4) is 0 Å². The Kier molecular flexibility index (Phi) is 2.06. The molecule has 1 aromatic heterocycles. The second-order valence-corrected chi connectivity index (χ2v) is 3.84. The van der Waals surface area contributed by atoms with Gasteiger partial charge in [-0.25, -0.2) is 0 Å². The second-order valence-electron chi connectivity index (χ2n) is 2.95. The molecule has 4 nitrogen and oxygen atoms in total. The number of hydrogen-bond donors (Lipinski definition) is 0. The lowest BCUT2D eigenvalue weighted by Crippen LogP contribution is -2.24. The van der Waals surface area contributed by atoms with Crippen LogP contribution >= 0.6 is 11.3 Å². The molecule has 1 aliphatic rings. The van der Waals surface area contributed by atoms with Crippen LogP contribution in [0.1, 0.15) is 12.0 Å². The first-order valence-corrected chi connectivity index (χ1v) is 4.90. The smallest absolute Gasteiger partial charge is 0.235 e. The number of anilines is 1. The molecule has 14 heavy (non-hydrogen) atoms. The van der Waals surface area contributed by atoms with Crippen LogP contribution in [-0.2, 0) is 9.59 Å². The number of ketones is 1. The van der Waals surface area contributed by atoms with Gasteiger partial charge >= 0.3 is 0 Å². The Balaban J connectivity index is 2.37. The predicted octanol–water partition coefficient (Wildman–Crippen LogP) is 0.926. The third kappa shape index (κ3) is 1.30. The molecule has 0 saturated carbocycles. The summed E-state index contributed by atoms with van der Waals surface area (Å²) in [5, 5.41) is 11.1. The van der Waals surface area contributed by atoms with Crippen molar-refractivity contribution in [1.82, 2.24) is 0 Å². The Labute approximate surface area is 84.4 Å². The first kappa shape index (κ1) is 8.91. The van der Waals surface area contributed by atoms with Crippen LogP contribution in [0.4, 0.5) is 5.00 Å². The minimum Gasteiger partial charge on any atom is -0.297 e. The highest BCUT2D eigenvalue weighted by Crippen LogP contribution is 2.29. The van der Waals surface area contributed by atoms with Gasteiger partial charge in [-0.05, 0) is 11.4 Å². The van der Waals surface area contributed by atoms with Gasteiger partial charge < -0.3 is 0 Å². The molecule has 1 aliphatic heterocycles. The first-order valence-electron chi connectivity index (χ1n) is 4.02. The number of amides is 1. The second kappa shape index (κ2) is 3.24. The molecule has 1 amide bonds.